The number of hydrogen-bond acceptors (Lipinski definition) is 3. The van der Waals surface area contributed by atoms with Gasteiger partial charge >= 0.3 is 0 Å². The Hall–Kier alpha value is -0.800. The standard InChI is InChI=1S/C7H10N2O/c10-7-8-5-3-1-2-4-6(5)9-7/h1-3,6-10H,4H2. The van der Waals surface area contributed by atoms with Crippen LogP contribution in [0.3, 0.4) is 0 Å². The van der Waals surface area contributed by atoms with Crippen LogP contribution in [0.15, 0.2) is 23.9 Å². The summed E-state index contributed by atoms with van der Waals surface area (Å²) in [6, 6.07) is 0.306. The summed E-state index contributed by atoms with van der Waals surface area (Å²) < 4.78 is 0. The highest BCUT2D eigenvalue weighted by Crippen LogP contribution is 2.15. The third-order valence-corrected chi connectivity index (χ3v) is 1.82. The quantitative estimate of drug-likeness (QED) is 0.429. The summed E-state index contributed by atoms with van der Waals surface area (Å²) in [5, 5.41) is 15.0. The van der Waals surface area contributed by atoms with Gasteiger partial charge in [-0.1, -0.05) is 12.2 Å². The summed E-state index contributed by atoms with van der Waals surface area (Å²) in [5.74, 6) is 0. The lowest BCUT2D eigenvalue weighted by Gasteiger charge is -2.10. The highest BCUT2D eigenvalue weighted by molar-refractivity contribution is 5.25. The van der Waals surface area contributed by atoms with Crippen LogP contribution in [-0.2, 0) is 0 Å². The normalized spacial score (nSPS) is 36.7. The molecule has 2 aliphatic rings. The molecule has 2 rings (SSSR count). The maximum Gasteiger partial charge on any atom is 0.181 e. The van der Waals surface area contributed by atoms with Gasteiger partial charge in [-0.15, -0.1) is 0 Å². The maximum atomic E-state index is 9.07. The van der Waals surface area contributed by atoms with Crippen molar-refractivity contribution in [3.8, 4) is 0 Å². The van der Waals surface area contributed by atoms with Gasteiger partial charge in [0, 0.05) is 5.70 Å². The molecule has 1 heterocycles. The first-order valence-electron chi connectivity index (χ1n) is 3.43. The van der Waals surface area contributed by atoms with E-state index >= 15 is 0 Å². The summed E-state index contributed by atoms with van der Waals surface area (Å²) in [6.07, 6.45) is 6.48. The Balaban J connectivity index is 2.18. The van der Waals surface area contributed by atoms with Crippen molar-refractivity contribution in [3.05, 3.63) is 23.9 Å². The van der Waals surface area contributed by atoms with Gasteiger partial charge in [0.2, 0.25) is 0 Å². The van der Waals surface area contributed by atoms with Gasteiger partial charge in [0.05, 0.1) is 6.04 Å². The van der Waals surface area contributed by atoms with Gasteiger partial charge in [-0.05, 0) is 12.5 Å². The fraction of sp³-hybridized carbons (Fsp3) is 0.429. The Morgan fingerprint density at radius 3 is 3.30 bits per heavy atom. The van der Waals surface area contributed by atoms with E-state index in [0.717, 1.165) is 12.1 Å². The molecule has 3 heteroatoms. The monoisotopic (exact) mass is 138 g/mol. The average Bonchev–Trinajstić information content (AvgIpc) is 2.27. The molecule has 1 aliphatic heterocycles. The van der Waals surface area contributed by atoms with Crippen molar-refractivity contribution < 1.29 is 5.11 Å². The van der Waals surface area contributed by atoms with Crippen molar-refractivity contribution in [2.24, 2.45) is 0 Å². The van der Waals surface area contributed by atoms with E-state index in [1.165, 1.54) is 0 Å². The third kappa shape index (κ3) is 0.836. The third-order valence-electron chi connectivity index (χ3n) is 1.82. The van der Waals surface area contributed by atoms with Crippen LogP contribution >= 0.6 is 0 Å². The number of nitrogens with one attached hydrogen (secondary N) is 2. The summed E-state index contributed by atoms with van der Waals surface area (Å²) in [7, 11) is 0. The van der Waals surface area contributed by atoms with E-state index in [4.69, 9.17) is 5.11 Å². The van der Waals surface area contributed by atoms with E-state index in [9.17, 15) is 0 Å². The second kappa shape index (κ2) is 2.11. The summed E-state index contributed by atoms with van der Waals surface area (Å²) >= 11 is 0. The first kappa shape index (κ1) is 5.95. The van der Waals surface area contributed by atoms with Gasteiger partial charge in [0.15, 0.2) is 6.35 Å². The fourth-order valence-corrected chi connectivity index (χ4v) is 1.33. The molecule has 3 N–H and O–H groups in total. The first-order valence-corrected chi connectivity index (χ1v) is 3.43. The van der Waals surface area contributed by atoms with Crippen molar-refractivity contribution in [2.75, 3.05) is 0 Å². The first-order chi connectivity index (χ1) is 4.86. The molecule has 1 fully saturated rings. The average molecular weight is 138 g/mol. The van der Waals surface area contributed by atoms with Crippen LogP contribution in [0.25, 0.3) is 0 Å². The lowest BCUT2D eigenvalue weighted by Crippen LogP contribution is -2.32. The Kier molecular flexibility index (Phi) is 1.25. The van der Waals surface area contributed by atoms with Crippen molar-refractivity contribution >= 4 is 0 Å². The largest absolute Gasteiger partial charge is 0.361 e. The minimum absolute atomic E-state index is 0.306. The van der Waals surface area contributed by atoms with Crippen molar-refractivity contribution in [3.63, 3.8) is 0 Å². The molecule has 0 amide bonds. The molecule has 0 bridgehead atoms. The Labute approximate surface area is 59.4 Å². The molecule has 0 spiro atoms. The van der Waals surface area contributed by atoms with Crippen LogP contribution in [0.5, 0.6) is 0 Å². The highest BCUT2D eigenvalue weighted by atomic mass is 16.3. The lowest BCUT2D eigenvalue weighted by atomic mass is 10.1. The van der Waals surface area contributed by atoms with Crippen LogP contribution < -0.4 is 10.6 Å². The van der Waals surface area contributed by atoms with Crippen molar-refractivity contribution in [2.45, 2.75) is 18.8 Å². The van der Waals surface area contributed by atoms with Gasteiger partial charge in [0.1, 0.15) is 0 Å². The van der Waals surface area contributed by atoms with E-state index in [1.54, 1.807) is 0 Å². The molecular formula is C7H10N2O. The molecule has 2 unspecified atom stereocenters. The van der Waals surface area contributed by atoms with Gasteiger partial charge in [-0.3, -0.25) is 5.32 Å². The van der Waals surface area contributed by atoms with Crippen LogP contribution in [0.4, 0.5) is 0 Å². The van der Waals surface area contributed by atoms with E-state index < -0.39 is 6.35 Å². The number of allylic oxidation sites excluding steroid dienone is 2. The molecule has 0 aromatic heterocycles. The molecule has 10 heavy (non-hydrogen) atoms. The summed E-state index contributed by atoms with van der Waals surface area (Å²) in [4.78, 5) is 0. The smallest absolute Gasteiger partial charge is 0.181 e. The van der Waals surface area contributed by atoms with Crippen molar-refractivity contribution in [1.29, 1.82) is 0 Å². The van der Waals surface area contributed by atoms with Gasteiger partial charge in [0.25, 0.3) is 0 Å². The predicted molar refractivity (Wildman–Crippen MR) is 37.9 cm³/mol. The van der Waals surface area contributed by atoms with Crippen LogP contribution in [0.1, 0.15) is 6.42 Å². The number of rotatable bonds is 0. The molecule has 0 aromatic carbocycles. The van der Waals surface area contributed by atoms with Crippen LogP contribution in [-0.4, -0.2) is 17.5 Å². The minimum atomic E-state index is -0.559. The van der Waals surface area contributed by atoms with E-state index in [-0.39, 0.29) is 0 Å². The van der Waals surface area contributed by atoms with Crippen LogP contribution in [0.2, 0.25) is 0 Å². The van der Waals surface area contributed by atoms with Crippen LogP contribution in [0, 0.1) is 0 Å². The van der Waals surface area contributed by atoms with Crippen molar-refractivity contribution in [1.82, 2.24) is 10.6 Å². The van der Waals surface area contributed by atoms with Gasteiger partial charge in [-0.2, -0.15) is 0 Å². The number of hydrogen-bond donors (Lipinski definition) is 3. The minimum Gasteiger partial charge on any atom is -0.361 e. The number of aliphatic hydroxyl groups excluding tert-OH is 1. The predicted octanol–water partition coefficient (Wildman–Crippen LogP) is -0.332. The molecule has 2 atom stereocenters. The zero-order chi connectivity index (χ0) is 6.97. The van der Waals surface area contributed by atoms with E-state index in [1.807, 2.05) is 12.2 Å². The van der Waals surface area contributed by atoms with E-state index in [2.05, 4.69) is 16.7 Å². The Morgan fingerprint density at radius 1 is 1.60 bits per heavy atom. The second-order valence-electron chi connectivity index (χ2n) is 2.55. The Morgan fingerprint density at radius 2 is 2.50 bits per heavy atom. The molecular weight excluding hydrogens is 128 g/mol. The molecule has 1 aliphatic carbocycles. The van der Waals surface area contributed by atoms with E-state index in [0.29, 0.717) is 6.04 Å². The zero-order valence-corrected chi connectivity index (χ0v) is 5.54. The number of aliphatic hydroxyl groups is 1. The number of fused-ring (bicyclic) bond motifs is 1. The lowest BCUT2D eigenvalue weighted by molar-refractivity contribution is 0.135. The van der Waals surface area contributed by atoms with Gasteiger partial charge < -0.3 is 10.4 Å². The highest BCUT2D eigenvalue weighted by Gasteiger charge is 2.25. The molecule has 1 saturated heterocycles. The molecule has 0 aromatic rings. The second-order valence-corrected chi connectivity index (χ2v) is 2.55. The topological polar surface area (TPSA) is 44.3 Å². The maximum absolute atomic E-state index is 9.07. The summed E-state index contributed by atoms with van der Waals surface area (Å²) in [5.41, 5.74) is 1.09. The Bertz CT molecular complexity index is 198. The molecule has 3 nitrogen and oxygen atoms in total. The molecule has 0 saturated carbocycles. The fourth-order valence-electron chi connectivity index (χ4n) is 1.33. The zero-order valence-electron chi connectivity index (χ0n) is 5.54. The molecule has 0 radical (unpaired) electrons. The molecule has 54 valence electrons. The van der Waals surface area contributed by atoms with Gasteiger partial charge in [-0.25, -0.2) is 0 Å². The SMILES string of the molecule is OC1NC2=CC=CCC2N1. The summed E-state index contributed by atoms with van der Waals surface area (Å²) in [6.45, 7) is 0.